The van der Waals surface area contributed by atoms with Gasteiger partial charge in [0, 0.05) is 19.3 Å². The Morgan fingerprint density at radius 1 is 1.69 bits per heavy atom. The number of nitrogens with zero attached hydrogens (tertiary/aromatic N) is 2. The van der Waals surface area contributed by atoms with Gasteiger partial charge in [0.15, 0.2) is 0 Å². The molecule has 0 aliphatic heterocycles. The molecule has 13 heavy (non-hydrogen) atoms. The zero-order valence-corrected chi connectivity index (χ0v) is 8.24. The molecule has 1 N–H and O–H groups in total. The van der Waals surface area contributed by atoms with Crippen LogP contribution in [0.3, 0.4) is 0 Å². The lowest BCUT2D eigenvalue weighted by molar-refractivity contribution is -0.120. The first kappa shape index (κ1) is 9.77. The topological polar surface area (TPSA) is 46.9 Å². The molecule has 0 aliphatic carbocycles. The summed E-state index contributed by atoms with van der Waals surface area (Å²) in [6.45, 7) is 3.89. The smallest absolute Gasteiger partial charge is 0.224 e. The maximum absolute atomic E-state index is 11.3. The van der Waals surface area contributed by atoms with E-state index in [0.717, 1.165) is 5.56 Å². The molecule has 1 amide bonds. The van der Waals surface area contributed by atoms with Gasteiger partial charge in [0.2, 0.25) is 5.91 Å². The minimum Gasteiger partial charge on any atom is -0.354 e. The van der Waals surface area contributed by atoms with Crippen molar-refractivity contribution in [1.82, 2.24) is 15.1 Å². The number of hydrogen-bond acceptors (Lipinski definition) is 2. The summed E-state index contributed by atoms with van der Waals surface area (Å²) in [5, 5.41) is 6.81. The van der Waals surface area contributed by atoms with Gasteiger partial charge in [-0.3, -0.25) is 9.48 Å². The van der Waals surface area contributed by atoms with Gasteiger partial charge in [0.25, 0.3) is 0 Å². The van der Waals surface area contributed by atoms with Crippen molar-refractivity contribution in [3.8, 4) is 0 Å². The Bertz CT molecular complexity index is 291. The van der Waals surface area contributed by atoms with Crippen molar-refractivity contribution in [3.05, 3.63) is 18.0 Å². The standard InChI is InChI=1S/C9H15N3O/c1-7(2)11-9(13)4-8-5-10-12(3)6-8/h5-7H,4H2,1-3H3,(H,11,13). The van der Waals surface area contributed by atoms with Crippen LogP contribution in [0.4, 0.5) is 0 Å². The Kier molecular flexibility index (Phi) is 3.06. The van der Waals surface area contributed by atoms with E-state index in [0.29, 0.717) is 6.42 Å². The molecule has 1 rings (SSSR count). The first-order valence-corrected chi connectivity index (χ1v) is 4.35. The van der Waals surface area contributed by atoms with Gasteiger partial charge in [0.05, 0.1) is 12.6 Å². The molecule has 0 spiro atoms. The van der Waals surface area contributed by atoms with Crippen molar-refractivity contribution >= 4 is 5.91 Å². The van der Waals surface area contributed by atoms with Crippen LogP contribution in [0.1, 0.15) is 19.4 Å². The highest BCUT2D eigenvalue weighted by Gasteiger charge is 2.05. The maximum Gasteiger partial charge on any atom is 0.224 e. The molecule has 0 radical (unpaired) electrons. The van der Waals surface area contributed by atoms with Crippen LogP contribution in [-0.4, -0.2) is 21.7 Å². The fraction of sp³-hybridized carbons (Fsp3) is 0.556. The van der Waals surface area contributed by atoms with Gasteiger partial charge in [-0.05, 0) is 19.4 Å². The van der Waals surface area contributed by atoms with Crippen LogP contribution < -0.4 is 5.32 Å². The molecule has 4 heteroatoms. The van der Waals surface area contributed by atoms with Crippen molar-refractivity contribution in [2.75, 3.05) is 0 Å². The summed E-state index contributed by atoms with van der Waals surface area (Å²) in [6, 6.07) is 0.198. The molecule has 0 saturated heterocycles. The Morgan fingerprint density at radius 2 is 2.38 bits per heavy atom. The second-order valence-corrected chi connectivity index (χ2v) is 3.42. The molecular weight excluding hydrogens is 166 g/mol. The highest BCUT2D eigenvalue weighted by molar-refractivity contribution is 5.78. The lowest BCUT2D eigenvalue weighted by Crippen LogP contribution is -2.31. The van der Waals surface area contributed by atoms with E-state index in [1.165, 1.54) is 0 Å². The highest BCUT2D eigenvalue weighted by Crippen LogP contribution is 1.97. The molecule has 1 aromatic rings. The third-order valence-electron chi connectivity index (χ3n) is 1.57. The minimum absolute atomic E-state index is 0.0444. The molecule has 0 saturated carbocycles. The van der Waals surface area contributed by atoms with E-state index in [1.54, 1.807) is 10.9 Å². The summed E-state index contributed by atoms with van der Waals surface area (Å²) < 4.78 is 1.69. The van der Waals surface area contributed by atoms with Gasteiger partial charge in [-0.25, -0.2) is 0 Å². The molecule has 0 aromatic carbocycles. The lowest BCUT2D eigenvalue weighted by atomic mass is 10.2. The zero-order valence-electron chi connectivity index (χ0n) is 8.24. The van der Waals surface area contributed by atoms with Crippen LogP contribution >= 0.6 is 0 Å². The number of carbonyl (C=O) groups excluding carboxylic acids is 1. The van der Waals surface area contributed by atoms with E-state index in [-0.39, 0.29) is 11.9 Å². The molecule has 0 fully saturated rings. The van der Waals surface area contributed by atoms with Crippen molar-refractivity contribution in [3.63, 3.8) is 0 Å². The molecule has 1 heterocycles. The zero-order chi connectivity index (χ0) is 9.84. The summed E-state index contributed by atoms with van der Waals surface area (Å²) in [6.07, 6.45) is 3.96. The fourth-order valence-electron chi connectivity index (χ4n) is 1.12. The first-order valence-electron chi connectivity index (χ1n) is 4.35. The minimum atomic E-state index is 0.0444. The Morgan fingerprint density at radius 3 is 2.85 bits per heavy atom. The number of nitrogens with one attached hydrogen (secondary N) is 1. The average molecular weight is 181 g/mol. The normalized spacial score (nSPS) is 10.5. The molecule has 0 aliphatic rings. The second-order valence-electron chi connectivity index (χ2n) is 3.42. The van der Waals surface area contributed by atoms with E-state index < -0.39 is 0 Å². The van der Waals surface area contributed by atoms with E-state index in [9.17, 15) is 4.79 Å². The van der Waals surface area contributed by atoms with Gasteiger partial charge in [-0.15, -0.1) is 0 Å². The highest BCUT2D eigenvalue weighted by atomic mass is 16.1. The first-order chi connectivity index (χ1) is 6.08. The molecular formula is C9H15N3O. The summed E-state index contributed by atoms with van der Waals surface area (Å²) in [4.78, 5) is 11.3. The molecule has 1 aromatic heterocycles. The molecule has 0 bridgehead atoms. The third-order valence-corrected chi connectivity index (χ3v) is 1.57. The Balaban J connectivity index is 2.45. The van der Waals surface area contributed by atoms with Crippen LogP contribution in [0.5, 0.6) is 0 Å². The molecule has 4 nitrogen and oxygen atoms in total. The number of rotatable bonds is 3. The van der Waals surface area contributed by atoms with Crippen LogP contribution in [0.25, 0.3) is 0 Å². The fourth-order valence-corrected chi connectivity index (χ4v) is 1.12. The number of aromatic nitrogens is 2. The largest absolute Gasteiger partial charge is 0.354 e. The lowest BCUT2D eigenvalue weighted by Gasteiger charge is -2.06. The summed E-state index contributed by atoms with van der Waals surface area (Å²) in [7, 11) is 1.84. The monoisotopic (exact) mass is 181 g/mol. The molecule has 0 unspecified atom stereocenters. The van der Waals surface area contributed by atoms with E-state index in [4.69, 9.17) is 0 Å². The predicted octanol–water partition coefficient (Wildman–Crippen LogP) is 0.487. The second kappa shape index (κ2) is 4.07. The van der Waals surface area contributed by atoms with Crippen molar-refractivity contribution in [1.29, 1.82) is 0 Å². The average Bonchev–Trinajstić information content (AvgIpc) is 2.33. The van der Waals surface area contributed by atoms with Crippen molar-refractivity contribution in [2.45, 2.75) is 26.3 Å². The van der Waals surface area contributed by atoms with Gasteiger partial charge in [0.1, 0.15) is 0 Å². The summed E-state index contributed by atoms with van der Waals surface area (Å²) >= 11 is 0. The van der Waals surface area contributed by atoms with Crippen LogP contribution in [0, 0.1) is 0 Å². The summed E-state index contributed by atoms with van der Waals surface area (Å²) in [5.41, 5.74) is 0.945. The third kappa shape index (κ3) is 3.27. The SMILES string of the molecule is CC(C)NC(=O)Cc1cnn(C)c1. The summed E-state index contributed by atoms with van der Waals surface area (Å²) in [5.74, 6) is 0.0444. The van der Waals surface area contributed by atoms with E-state index >= 15 is 0 Å². The van der Waals surface area contributed by atoms with Crippen LogP contribution in [0.15, 0.2) is 12.4 Å². The van der Waals surface area contributed by atoms with E-state index in [1.807, 2.05) is 27.1 Å². The van der Waals surface area contributed by atoms with E-state index in [2.05, 4.69) is 10.4 Å². The van der Waals surface area contributed by atoms with Gasteiger partial charge in [-0.2, -0.15) is 5.10 Å². The number of carbonyl (C=O) groups is 1. The quantitative estimate of drug-likeness (QED) is 0.737. The van der Waals surface area contributed by atoms with Gasteiger partial charge < -0.3 is 5.32 Å². The number of aryl methyl sites for hydroxylation is 1. The van der Waals surface area contributed by atoms with Gasteiger partial charge in [-0.1, -0.05) is 0 Å². The molecule has 0 atom stereocenters. The number of hydrogen-bond donors (Lipinski definition) is 1. The number of amides is 1. The Labute approximate surface area is 77.9 Å². The van der Waals surface area contributed by atoms with Crippen molar-refractivity contribution < 1.29 is 4.79 Å². The van der Waals surface area contributed by atoms with Crippen LogP contribution in [-0.2, 0) is 18.3 Å². The van der Waals surface area contributed by atoms with Gasteiger partial charge >= 0.3 is 0 Å². The maximum atomic E-state index is 11.3. The molecule has 72 valence electrons. The van der Waals surface area contributed by atoms with Crippen molar-refractivity contribution in [2.24, 2.45) is 7.05 Å². The Hall–Kier alpha value is -1.32. The predicted molar refractivity (Wildman–Crippen MR) is 50.2 cm³/mol. The van der Waals surface area contributed by atoms with Crippen LogP contribution in [0.2, 0.25) is 0 Å².